The first-order chi connectivity index (χ1) is 9.85. The van der Waals surface area contributed by atoms with Gasteiger partial charge in [-0.05, 0) is 46.5 Å². The van der Waals surface area contributed by atoms with E-state index in [1.165, 1.54) is 25.9 Å². The highest BCUT2D eigenvalue weighted by molar-refractivity contribution is 5.68. The van der Waals surface area contributed by atoms with Crippen molar-refractivity contribution in [3.8, 4) is 0 Å². The molecule has 1 N–H and O–H groups in total. The van der Waals surface area contributed by atoms with E-state index in [9.17, 15) is 4.79 Å². The topological polar surface area (TPSA) is 50.8 Å². The molecule has 0 aromatic heterocycles. The van der Waals surface area contributed by atoms with Crippen LogP contribution in [0.3, 0.4) is 0 Å². The van der Waals surface area contributed by atoms with E-state index in [0.717, 1.165) is 26.1 Å². The van der Waals surface area contributed by atoms with Gasteiger partial charge in [-0.25, -0.2) is 4.79 Å². The highest BCUT2D eigenvalue weighted by Gasteiger charge is 2.50. The molecule has 1 spiro atoms. The smallest absolute Gasteiger partial charge is 0.407 e. The third-order valence-corrected chi connectivity index (χ3v) is 4.83. The van der Waals surface area contributed by atoms with Gasteiger partial charge >= 0.3 is 6.09 Å². The Bertz CT molecular complexity index is 385. The quantitative estimate of drug-likeness (QED) is 0.848. The van der Waals surface area contributed by atoms with Crippen molar-refractivity contribution in [1.82, 2.24) is 10.2 Å². The molecule has 0 radical (unpaired) electrons. The highest BCUT2D eigenvalue weighted by Crippen LogP contribution is 2.41. The first-order valence-electron chi connectivity index (χ1n) is 8.17. The van der Waals surface area contributed by atoms with Crippen molar-refractivity contribution in [2.24, 2.45) is 5.41 Å². The van der Waals surface area contributed by atoms with Gasteiger partial charge in [0.15, 0.2) is 0 Å². The minimum Gasteiger partial charge on any atom is -0.444 e. The number of likely N-dealkylation sites (tertiary alicyclic amines) is 1. The van der Waals surface area contributed by atoms with E-state index in [1.54, 1.807) is 0 Å². The van der Waals surface area contributed by atoms with Crippen LogP contribution in [-0.4, -0.2) is 55.0 Å². The summed E-state index contributed by atoms with van der Waals surface area (Å²) in [6.45, 7) is 10.0. The van der Waals surface area contributed by atoms with E-state index in [-0.39, 0.29) is 12.1 Å². The van der Waals surface area contributed by atoms with Gasteiger partial charge in [-0.1, -0.05) is 0 Å². The molecule has 1 aliphatic carbocycles. The molecule has 1 saturated carbocycles. The van der Waals surface area contributed by atoms with Crippen LogP contribution in [0, 0.1) is 5.41 Å². The Morgan fingerprint density at radius 2 is 1.81 bits per heavy atom. The number of carbonyl (C=O) groups is 1. The van der Waals surface area contributed by atoms with Crippen LogP contribution in [0.2, 0.25) is 0 Å². The molecule has 21 heavy (non-hydrogen) atoms. The van der Waals surface area contributed by atoms with Gasteiger partial charge in [0.2, 0.25) is 0 Å². The molecule has 2 heterocycles. The minimum atomic E-state index is -0.419. The Morgan fingerprint density at radius 3 is 2.29 bits per heavy atom. The maximum absolute atomic E-state index is 11.8. The van der Waals surface area contributed by atoms with Crippen LogP contribution in [0.5, 0.6) is 0 Å². The van der Waals surface area contributed by atoms with Gasteiger partial charge in [-0.15, -0.1) is 0 Å². The second kappa shape index (κ2) is 5.43. The summed E-state index contributed by atoms with van der Waals surface area (Å²) in [5.74, 6) is 0. The largest absolute Gasteiger partial charge is 0.444 e. The highest BCUT2D eigenvalue weighted by atomic mass is 16.6. The molecule has 3 rings (SSSR count). The molecule has 0 atom stereocenters. The second-order valence-corrected chi connectivity index (χ2v) is 8.05. The molecular formula is C16H28N2O3. The number of nitrogens with one attached hydrogen (secondary N) is 1. The number of ether oxygens (including phenoxy) is 2. The maximum Gasteiger partial charge on any atom is 0.407 e. The van der Waals surface area contributed by atoms with Gasteiger partial charge in [0.1, 0.15) is 5.60 Å². The molecule has 0 unspecified atom stereocenters. The summed E-state index contributed by atoms with van der Waals surface area (Å²) in [6.07, 6.45) is 4.20. The first-order valence-corrected chi connectivity index (χ1v) is 8.17. The van der Waals surface area contributed by atoms with E-state index in [1.807, 2.05) is 20.8 Å². The van der Waals surface area contributed by atoms with Crippen LogP contribution in [0.15, 0.2) is 0 Å². The molecule has 0 aromatic rings. The van der Waals surface area contributed by atoms with Crippen LogP contribution in [0.1, 0.15) is 46.5 Å². The fourth-order valence-corrected chi connectivity index (χ4v) is 3.71. The normalized spacial score (nSPS) is 32.1. The zero-order valence-electron chi connectivity index (χ0n) is 13.5. The molecule has 3 fully saturated rings. The predicted molar refractivity (Wildman–Crippen MR) is 80.2 cm³/mol. The summed E-state index contributed by atoms with van der Waals surface area (Å²) in [5, 5.41) is 3.01. The third kappa shape index (κ3) is 3.51. The Hall–Kier alpha value is -0.810. The SMILES string of the molecule is CC(C)(C)OC(=O)NC1CCC(N2CC3(COC3)C2)CC1. The van der Waals surface area contributed by atoms with Crippen LogP contribution in [0.25, 0.3) is 0 Å². The van der Waals surface area contributed by atoms with Crippen molar-refractivity contribution in [3.63, 3.8) is 0 Å². The van der Waals surface area contributed by atoms with Gasteiger partial charge < -0.3 is 14.8 Å². The van der Waals surface area contributed by atoms with E-state index in [0.29, 0.717) is 11.5 Å². The summed E-state index contributed by atoms with van der Waals surface area (Å²) < 4.78 is 10.7. The monoisotopic (exact) mass is 296 g/mol. The molecule has 5 heteroatoms. The average Bonchev–Trinajstić information content (AvgIpc) is 2.24. The van der Waals surface area contributed by atoms with Gasteiger partial charge in [0.25, 0.3) is 0 Å². The average molecular weight is 296 g/mol. The van der Waals surface area contributed by atoms with Gasteiger partial charge in [0.05, 0.1) is 13.2 Å². The summed E-state index contributed by atoms with van der Waals surface area (Å²) in [7, 11) is 0. The van der Waals surface area contributed by atoms with Crippen molar-refractivity contribution >= 4 is 6.09 Å². The predicted octanol–water partition coefficient (Wildman–Crippen LogP) is 2.15. The molecule has 0 aromatic carbocycles. The number of carbonyl (C=O) groups excluding carboxylic acids is 1. The minimum absolute atomic E-state index is 0.276. The van der Waals surface area contributed by atoms with Gasteiger partial charge in [-0.3, -0.25) is 4.90 Å². The van der Waals surface area contributed by atoms with E-state index >= 15 is 0 Å². The molecule has 120 valence electrons. The van der Waals surface area contributed by atoms with E-state index in [2.05, 4.69) is 10.2 Å². The van der Waals surface area contributed by atoms with Gasteiger partial charge in [0, 0.05) is 30.6 Å². The van der Waals surface area contributed by atoms with E-state index < -0.39 is 5.60 Å². The summed E-state index contributed by atoms with van der Waals surface area (Å²) in [4.78, 5) is 14.4. The molecule has 5 nitrogen and oxygen atoms in total. The Balaban J connectivity index is 1.36. The van der Waals surface area contributed by atoms with Crippen molar-refractivity contribution in [2.45, 2.75) is 64.1 Å². The number of nitrogens with zero attached hydrogens (tertiary/aromatic N) is 1. The standard InChI is InChI=1S/C16H28N2O3/c1-15(2,3)21-14(19)17-12-4-6-13(7-5-12)18-8-16(9-18)10-20-11-16/h12-13H,4-11H2,1-3H3,(H,17,19). The lowest BCUT2D eigenvalue weighted by atomic mass is 9.75. The van der Waals surface area contributed by atoms with Crippen molar-refractivity contribution in [1.29, 1.82) is 0 Å². The molecule has 3 aliphatic rings. The summed E-state index contributed by atoms with van der Waals surface area (Å²) >= 11 is 0. The number of hydrogen-bond donors (Lipinski definition) is 1. The second-order valence-electron chi connectivity index (χ2n) is 8.05. The maximum atomic E-state index is 11.8. The van der Waals surface area contributed by atoms with Crippen LogP contribution in [0.4, 0.5) is 4.79 Å². The molecule has 1 amide bonds. The zero-order chi connectivity index (χ0) is 15.1. The Labute approximate surface area is 127 Å². The molecular weight excluding hydrogens is 268 g/mol. The first kappa shape index (κ1) is 15.1. The van der Waals surface area contributed by atoms with Crippen LogP contribution in [-0.2, 0) is 9.47 Å². The lowest BCUT2D eigenvalue weighted by Gasteiger charge is -2.58. The molecule has 2 saturated heterocycles. The number of amides is 1. The van der Waals surface area contributed by atoms with Crippen molar-refractivity contribution in [3.05, 3.63) is 0 Å². The lowest BCUT2D eigenvalue weighted by molar-refractivity contribution is -0.200. The van der Waals surface area contributed by atoms with Crippen molar-refractivity contribution < 1.29 is 14.3 Å². The van der Waals surface area contributed by atoms with Crippen LogP contribution < -0.4 is 5.32 Å². The number of hydrogen-bond acceptors (Lipinski definition) is 4. The lowest BCUT2D eigenvalue weighted by Crippen LogP contribution is -2.68. The van der Waals surface area contributed by atoms with Crippen molar-refractivity contribution in [2.75, 3.05) is 26.3 Å². The fraction of sp³-hybridized carbons (Fsp3) is 0.938. The molecule has 2 aliphatic heterocycles. The Kier molecular flexibility index (Phi) is 3.91. The van der Waals surface area contributed by atoms with E-state index in [4.69, 9.17) is 9.47 Å². The number of rotatable bonds is 2. The number of alkyl carbamates (subject to hydrolysis) is 1. The third-order valence-electron chi connectivity index (χ3n) is 4.83. The van der Waals surface area contributed by atoms with Crippen LogP contribution >= 0.6 is 0 Å². The summed E-state index contributed by atoms with van der Waals surface area (Å²) in [5.41, 5.74) is 0.0870. The summed E-state index contributed by atoms with van der Waals surface area (Å²) in [6, 6.07) is 0.978. The zero-order valence-corrected chi connectivity index (χ0v) is 13.5. The fourth-order valence-electron chi connectivity index (χ4n) is 3.71. The van der Waals surface area contributed by atoms with Gasteiger partial charge in [-0.2, -0.15) is 0 Å². The molecule has 0 bridgehead atoms. The Morgan fingerprint density at radius 1 is 1.19 bits per heavy atom.